The van der Waals surface area contributed by atoms with Gasteiger partial charge in [0.2, 0.25) is 5.91 Å². The van der Waals surface area contributed by atoms with Gasteiger partial charge >= 0.3 is 0 Å². The monoisotopic (exact) mass is 229 g/mol. The zero-order chi connectivity index (χ0) is 12.9. The molecular formula is C12H27N3O. The minimum atomic E-state index is -0.873. The standard InChI is InChI=1S/C12H27N3O/c1-9(2)10(3)15(5)8-6-7-12(4,14)11(13)16/h9-10H,6-8,14H2,1-5H3,(H2,13,16). The molecule has 0 aromatic rings. The SMILES string of the molecule is CC(C)C(C)N(C)CCCC(C)(N)C(N)=O. The highest BCUT2D eigenvalue weighted by molar-refractivity contribution is 5.83. The molecule has 96 valence electrons. The first-order valence-electron chi connectivity index (χ1n) is 5.97. The van der Waals surface area contributed by atoms with Crippen LogP contribution >= 0.6 is 0 Å². The molecule has 0 aliphatic heterocycles. The summed E-state index contributed by atoms with van der Waals surface area (Å²) in [6, 6.07) is 0.539. The number of carbonyl (C=O) groups excluding carboxylic acids is 1. The van der Waals surface area contributed by atoms with Crippen LogP contribution < -0.4 is 11.5 Å². The third kappa shape index (κ3) is 4.94. The van der Waals surface area contributed by atoms with Crippen molar-refractivity contribution in [2.75, 3.05) is 13.6 Å². The van der Waals surface area contributed by atoms with Crippen LogP contribution in [0, 0.1) is 5.92 Å². The molecule has 0 bridgehead atoms. The van der Waals surface area contributed by atoms with Crippen LogP contribution in [-0.4, -0.2) is 36.0 Å². The van der Waals surface area contributed by atoms with Gasteiger partial charge in [0.1, 0.15) is 0 Å². The minimum Gasteiger partial charge on any atom is -0.368 e. The van der Waals surface area contributed by atoms with Gasteiger partial charge in [-0.15, -0.1) is 0 Å². The maximum absolute atomic E-state index is 11.0. The Bertz CT molecular complexity index is 226. The highest BCUT2D eigenvalue weighted by Crippen LogP contribution is 2.12. The number of primary amides is 1. The van der Waals surface area contributed by atoms with Gasteiger partial charge in [0.15, 0.2) is 0 Å². The molecule has 0 spiro atoms. The van der Waals surface area contributed by atoms with Gasteiger partial charge in [0.25, 0.3) is 0 Å². The maximum Gasteiger partial charge on any atom is 0.237 e. The van der Waals surface area contributed by atoms with Crippen LogP contribution in [0.2, 0.25) is 0 Å². The normalized spacial score (nSPS) is 17.5. The van der Waals surface area contributed by atoms with Gasteiger partial charge < -0.3 is 16.4 Å². The van der Waals surface area contributed by atoms with Crippen LogP contribution in [-0.2, 0) is 4.79 Å². The van der Waals surface area contributed by atoms with E-state index in [2.05, 4.69) is 32.7 Å². The van der Waals surface area contributed by atoms with Gasteiger partial charge in [-0.3, -0.25) is 4.79 Å². The van der Waals surface area contributed by atoms with E-state index in [0.717, 1.165) is 13.0 Å². The molecule has 0 aromatic carbocycles. The minimum absolute atomic E-state index is 0.424. The first-order valence-corrected chi connectivity index (χ1v) is 5.97. The van der Waals surface area contributed by atoms with E-state index in [1.165, 1.54) is 0 Å². The third-order valence-corrected chi connectivity index (χ3v) is 3.43. The maximum atomic E-state index is 11.0. The van der Waals surface area contributed by atoms with Crippen molar-refractivity contribution in [3.8, 4) is 0 Å². The topological polar surface area (TPSA) is 72.3 Å². The summed E-state index contributed by atoms with van der Waals surface area (Å²) in [6.45, 7) is 9.26. The van der Waals surface area contributed by atoms with Crippen molar-refractivity contribution in [2.24, 2.45) is 17.4 Å². The Kier molecular flexibility index (Phi) is 5.97. The summed E-state index contributed by atoms with van der Waals surface area (Å²) < 4.78 is 0. The zero-order valence-corrected chi connectivity index (χ0v) is 11.3. The Morgan fingerprint density at radius 2 is 1.88 bits per heavy atom. The predicted octanol–water partition coefficient (Wildman–Crippen LogP) is 0.946. The predicted molar refractivity (Wildman–Crippen MR) is 68.0 cm³/mol. The molecule has 4 nitrogen and oxygen atoms in total. The first kappa shape index (κ1) is 15.4. The quantitative estimate of drug-likeness (QED) is 0.682. The lowest BCUT2D eigenvalue weighted by molar-refractivity contribution is -0.122. The van der Waals surface area contributed by atoms with E-state index in [9.17, 15) is 4.79 Å². The Balaban J connectivity index is 3.95. The molecule has 0 saturated carbocycles. The molecule has 0 aliphatic rings. The number of hydrogen-bond acceptors (Lipinski definition) is 3. The van der Waals surface area contributed by atoms with E-state index < -0.39 is 11.4 Å². The smallest absolute Gasteiger partial charge is 0.237 e. The number of hydrogen-bond donors (Lipinski definition) is 2. The van der Waals surface area contributed by atoms with Crippen molar-refractivity contribution in [1.82, 2.24) is 4.90 Å². The summed E-state index contributed by atoms with van der Waals surface area (Å²) in [7, 11) is 2.10. The van der Waals surface area contributed by atoms with E-state index in [-0.39, 0.29) is 0 Å². The van der Waals surface area contributed by atoms with Crippen molar-refractivity contribution in [2.45, 2.75) is 52.1 Å². The van der Waals surface area contributed by atoms with E-state index in [1.54, 1.807) is 6.92 Å². The molecule has 0 aromatic heterocycles. The highest BCUT2D eigenvalue weighted by Gasteiger charge is 2.25. The summed E-state index contributed by atoms with van der Waals surface area (Å²) in [5.74, 6) is 0.206. The molecule has 0 saturated heterocycles. The average molecular weight is 229 g/mol. The van der Waals surface area contributed by atoms with Crippen molar-refractivity contribution in [3.63, 3.8) is 0 Å². The summed E-state index contributed by atoms with van der Waals surface area (Å²) in [6.07, 6.45) is 1.53. The Morgan fingerprint density at radius 1 is 1.38 bits per heavy atom. The second kappa shape index (κ2) is 6.21. The van der Waals surface area contributed by atoms with E-state index >= 15 is 0 Å². The van der Waals surface area contributed by atoms with Gasteiger partial charge in [0.05, 0.1) is 5.54 Å². The van der Waals surface area contributed by atoms with Crippen LogP contribution in [0.5, 0.6) is 0 Å². The van der Waals surface area contributed by atoms with Gasteiger partial charge in [-0.2, -0.15) is 0 Å². The van der Waals surface area contributed by atoms with E-state index in [0.29, 0.717) is 18.4 Å². The number of nitrogens with zero attached hydrogens (tertiary/aromatic N) is 1. The fraction of sp³-hybridized carbons (Fsp3) is 0.917. The van der Waals surface area contributed by atoms with Gasteiger partial charge in [-0.05, 0) is 46.2 Å². The molecule has 4 N–H and O–H groups in total. The lowest BCUT2D eigenvalue weighted by Crippen LogP contribution is -2.49. The molecular weight excluding hydrogens is 202 g/mol. The van der Waals surface area contributed by atoms with Crippen molar-refractivity contribution >= 4 is 5.91 Å². The van der Waals surface area contributed by atoms with Crippen molar-refractivity contribution < 1.29 is 4.79 Å². The molecule has 0 aliphatic carbocycles. The largest absolute Gasteiger partial charge is 0.368 e. The van der Waals surface area contributed by atoms with Crippen LogP contribution in [0.3, 0.4) is 0 Å². The Morgan fingerprint density at radius 3 is 2.25 bits per heavy atom. The second-order valence-electron chi connectivity index (χ2n) is 5.35. The summed E-state index contributed by atoms with van der Waals surface area (Å²) in [4.78, 5) is 13.3. The molecule has 16 heavy (non-hydrogen) atoms. The average Bonchev–Trinajstić information content (AvgIpc) is 2.15. The highest BCUT2D eigenvalue weighted by atomic mass is 16.1. The Labute approximate surface area is 99.4 Å². The molecule has 4 heteroatoms. The fourth-order valence-electron chi connectivity index (χ4n) is 1.53. The zero-order valence-electron chi connectivity index (χ0n) is 11.3. The summed E-state index contributed by atoms with van der Waals surface area (Å²) in [5.41, 5.74) is 10.1. The lowest BCUT2D eigenvalue weighted by atomic mass is 9.96. The lowest BCUT2D eigenvalue weighted by Gasteiger charge is -2.29. The summed E-state index contributed by atoms with van der Waals surface area (Å²) in [5, 5.41) is 0. The van der Waals surface area contributed by atoms with Crippen molar-refractivity contribution in [3.05, 3.63) is 0 Å². The second-order valence-corrected chi connectivity index (χ2v) is 5.35. The molecule has 0 radical (unpaired) electrons. The van der Waals surface area contributed by atoms with Crippen LogP contribution in [0.1, 0.15) is 40.5 Å². The molecule has 2 atom stereocenters. The van der Waals surface area contributed by atoms with Crippen LogP contribution in [0.15, 0.2) is 0 Å². The molecule has 0 fully saturated rings. The number of amides is 1. The van der Waals surface area contributed by atoms with Crippen molar-refractivity contribution in [1.29, 1.82) is 0 Å². The number of rotatable bonds is 7. The molecule has 0 rings (SSSR count). The summed E-state index contributed by atoms with van der Waals surface area (Å²) >= 11 is 0. The van der Waals surface area contributed by atoms with Gasteiger partial charge in [-0.1, -0.05) is 13.8 Å². The fourth-order valence-corrected chi connectivity index (χ4v) is 1.53. The number of carbonyl (C=O) groups is 1. The molecule has 1 amide bonds. The Hall–Kier alpha value is -0.610. The van der Waals surface area contributed by atoms with Gasteiger partial charge in [0, 0.05) is 6.04 Å². The first-order chi connectivity index (χ1) is 7.18. The third-order valence-electron chi connectivity index (χ3n) is 3.43. The van der Waals surface area contributed by atoms with Gasteiger partial charge in [-0.25, -0.2) is 0 Å². The molecule has 0 heterocycles. The van der Waals surface area contributed by atoms with Crippen LogP contribution in [0.25, 0.3) is 0 Å². The van der Waals surface area contributed by atoms with Crippen LogP contribution in [0.4, 0.5) is 0 Å². The molecule has 2 unspecified atom stereocenters. The van der Waals surface area contributed by atoms with E-state index in [1.807, 2.05) is 0 Å². The van der Waals surface area contributed by atoms with E-state index in [4.69, 9.17) is 11.5 Å². The number of nitrogens with two attached hydrogens (primary N) is 2.